The van der Waals surface area contributed by atoms with Gasteiger partial charge < -0.3 is 14.5 Å². The molecule has 0 saturated carbocycles. The van der Waals surface area contributed by atoms with Crippen LogP contribution >= 0.6 is 15.9 Å². The fourth-order valence-electron chi connectivity index (χ4n) is 2.22. The SMILES string of the molecule is CN1CC[C@@](O)(c2cc(-c3cccc(Br)n3)no2)C1=O. The maximum absolute atomic E-state index is 12.0. The van der Waals surface area contributed by atoms with Gasteiger partial charge in [0.1, 0.15) is 10.3 Å². The van der Waals surface area contributed by atoms with E-state index in [4.69, 9.17) is 4.52 Å². The first-order chi connectivity index (χ1) is 9.50. The Balaban J connectivity index is 1.97. The zero-order valence-corrected chi connectivity index (χ0v) is 12.3. The van der Waals surface area contributed by atoms with E-state index >= 15 is 0 Å². The maximum Gasteiger partial charge on any atom is 0.262 e. The quantitative estimate of drug-likeness (QED) is 0.841. The van der Waals surface area contributed by atoms with Crippen LogP contribution in [0.1, 0.15) is 12.2 Å². The molecule has 0 aliphatic carbocycles. The highest BCUT2D eigenvalue weighted by Crippen LogP contribution is 2.34. The normalized spacial score (nSPS) is 22.6. The van der Waals surface area contributed by atoms with Crippen LogP contribution in [0.25, 0.3) is 11.4 Å². The Labute approximate surface area is 123 Å². The molecule has 2 aromatic rings. The molecule has 1 saturated heterocycles. The van der Waals surface area contributed by atoms with Crippen molar-refractivity contribution in [1.82, 2.24) is 15.0 Å². The summed E-state index contributed by atoms with van der Waals surface area (Å²) < 4.78 is 5.84. The molecular weight excluding hydrogens is 326 g/mol. The molecule has 3 heterocycles. The van der Waals surface area contributed by atoms with Gasteiger partial charge in [0.25, 0.3) is 5.91 Å². The Hall–Kier alpha value is -1.73. The highest BCUT2D eigenvalue weighted by Gasteiger charge is 2.48. The van der Waals surface area contributed by atoms with Crippen LogP contribution in [0.3, 0.4) is 0 Å². The van der Waals surface area contributed by atoms with Crippen molar-refractivity contribution in [2.24, 2.45) is 0 Å². The lowest BCUT2D eigenvalue weighted by atomic mass is 9.98. The molecule has 6 nitrogen and oxygen atoms in total. The van der Waals surface area contributed by atoms with E-state index in [1.165, 1.54) is 4.90 Å². The molecule has 1 atom stereocenters. The van der Waals surface area contributed by atoms with E-state index in [2.05, 4.69) is 26.1 Å². The lowest BCUT2D eigenvalue weighted by Crippen LogP contribution is -2.35. The number of amides is 1. The van der Waals surface area contributed by atoms with Crippen molar-refractivity contribution in [2.75, 3.05) is 13.6 Å². The summed E-state index contributed by atoms with van der Waals surface area (Å²) in [5, 5.41) is 14.3. The molecule has 0 unspecified atom stereocenters. The average Bonchev–Trinajstić information content (AvgIpc) is 3.02. The van der Waals surface area contributed by atoms with Crippen molar-refractivity contribution >= 4 is 21.8 Å². The first kappa shape index (κ1) is 13.3. The summed E-state index contributed by atoms with van der Waals surface area (Å²) in [5.41, 5.74) is -0.528. The molecule has 0 radical (unpaired) electrons. The van der Waals surface area contributed by atoms with E-state index in [0.29, 0.717) is 29.0 Å². The minimum atomic E-state index is -1.62. The molecule has 0 aromatic carbocycles. The standard InChI is InChI=1S/C13H12BrN3O3/c1-17-6-5-13(19,12(17)18)10-7-9(16-20-10)8-3-2-4-11(14)15-8/h2-4,7,19H,5-6H2,1H3/t13-/m1/s1. The molecule has 1 fully saturated rings. The van der Waals surface area contributed by atoms with Crippen LogP contribution in [0.2, 0.25) is 0 Å². The number of rotatable bonds is 2. The molecule has 104 valence electrons. The highest BCUT2D eigenvalue weighted by molar-refractivity contribution is 9.10. The van der Waals surface area contributed by atoms with Crippen LogP contribution in [0.5, 0.6) is 0 Å². The molecule has 20 heavy (non-hydrogen) atoms. The van der Waals surface area contributed by atoms with Crippen LogP contribution in [0, 0.1) is 0 Å². The molecule has 1 aliphatic heterocycles. The number of aliphatic hydroxyl groups is 1. The minimum absolute atomic E-state index is 0.156. The van der Waals surface area contributed by atoms with Crippen LogP contribution in [0.15, 0.2) is 33.4 Å². The zero-order valence-electron chi connectivity index (χ0n) is 10.7. The van der Waals surface area contributed by atoms with Crippen LogP contribution in [0.4, 0.5) is 0 Å². The predicted octanol–water partition coefficient (Wildman–Crippen LogP) is 1.55. The van der Waals surface area contributed by atoms with Gasteiger partial charge in [0, 0.05) is 26.1 Å². The van der Waals surface area contributed by atoms with Gasteiger partial charge in [-0.05, 0) is 28.1 Å². The fourth-order valence-corrected chi connectivity index (χ4v) is 2.57. The van der Waals surface area contributed by atoms with Crippen LogP contribution in [-0.2, 0) is 10.4 Å². The lowest BCUT2D eigenvalue weighted by Gasteiger charge is -2.16. The third-order valence-corrected chi connectivity index (χ3v) is 3.85. The van der Waals surface area contributed by atoms with E-state index in [1.54, 1.807) is 25.2 Å². The third-order valence-electron chi connectivity index (χ3n) is 3.40. The molecule has 1 N–H and O–H groups in total. The largest absolute Gasteiger partial charge is 0.373 e. The summed E-state index contributed by atoms with van der Waals surface area (Å²) in [4.78, 5) is 17.7. The van der Waals surface area contributed by atoms with Gasteiger partial charge in [-0.15, -0.1) is 0 Å². The Morgan fingerprint density at radius 2 is 2.25 bits per heavy atom. The topological polar surface area (TPSA) is 79.5 Å². The van der Waals surface area contributed by atoms with Gasteiger partial charge in [-0.2, -0.15) is 0 Å². The predicted molar refractivity (Wildman–Crippen MR) is 73.6 cm³/mol. The van der Waals surface area contributed by atoms with Crippen molar-refractivity contribution in [3.63, 3.8) is 0 Å². The third kappa shape index (κ3) is 2.03. The number of carbonyl (C=O) groups is 1. The van der Waals surface area contributed by atoms with Crippen molar-refractivity contribution in [2.45, 2.75) is 12.0 Å². The molecule has 0 spiro atoms. The van der Waals surface area contributed by atoms with Gasteiger partial charge in [0.2, 0.25) is 5.60 Å². The van der Waals surface area contributed by atoms with Gasteiger partial charge in [-0.1, -0.05) is 11.2 Å². The van der Waals surface area contributed by atoms with E-state index in [9.17, 15) is 9.90 Å². The van der Waals surface area contributed by atoms with Crippen LogP contribution < -0.4 is 0 Å². The molecule has 7 heteroatoms. The maximum atomic E-state index is 12.0. The van der Waals surface area contributed by atoms with E-state index < -0.39 is 5.60 Å². The lowest BCUT2D eigenvalue weighted by molar-refractivity contribution is -0.144. The number of carbonyl (C=O) groups excluding carboxylic acids is 1. The van der Waals surface area contributed by atoms with Crippen molar-refractivity contribution < 1.29 is 14.4 Å². The number of likely N-dealkylation sites (tertiary alicyclic amines) is 1. The second kappa shape index (κ2) is 4.68. The number of hydrogen-bond donors (Lipinski definition) is 1. The average molecular weight is 338 g/mol. The monoisotopic (exact) mass is 337 g/mol. The molecule has 3 rings (SSSR count). The van der Waals surface area contributed by atoms with Gasteiger partial charge in [0.05, 0.1) is 5.69 Å². The van der Waals surface area contributed by atoms with Gasteiger partial charge in [0.15, 0.2) is 5.76 Å². The summed E-state index contributed by atoms with van der Waals surface area (Å²) in [6.45, 7) is 0.487. The Morgan fingerprint density at radius 1 is 1.45 bits per heavy atom. The van der Waals surface area contributed by atoms with Crippen molar-refractivity contribution in [3.8, 4) is 11.4 Å². The second-order valence-electron chi connectivity index (χ2n) is 4.76. The molecular formula is C13H12BrN3O3. The molecule has 1 amide bonds. The van der Waals surface area contributed by atoms with Crippen LogP contribution in [-0.4, -0.2) is 39.6 Å². The second-order valence-corrected chi connectivity index (χ2v) is 5.57. The number of likely N-dealkylation sites (N-methyl/N-ethyl adjacent to an activating group) is 1. The highest BCUT2D eigenvalue weighted by atomic mass is 79.9. The molecule has 1 aliphatic rings. The summed E-state index contributed by atoms with van der Waals surface area (Å²) in [6.07, 6.45) is 0.295. The first-order valence-corrected chi connectivity index (χ1v) is 6.88. The zero-order chi connectivity index (χ0) is 14.3. The number of pyridine rings is 1. The summed E-state index contributed by atoms with van der Waals surface area (Å²) in [6, 6.07) is 6.96. The number of hydrogen-bond acceptors (Lipinski definition) is 5. The summed E-state index contributed by atoms with van der Waals surface area (Å²) in [5.74, 6) is -0.217. The molecule has 0 bridgehead atoms. The smallest absolute Gasteiger partial charge is 0.262 e. The van der Waals surface area contributed by atoms with Crippen molar-refractivity contribution in [3.05, 3.63) is 34.6 Å². The van der Waals surface area contributed by atoms with Gasteiger partial charge in [-0.3, -0.25) is 4.79 Å². The Kier molecular flexibility index (Phi) is 3.10. The number of halogens is 1. The summed E-state index contributed by atoms with van der Waals surface area (Å²) >= 11 is 3.28. The first-order valence-electron chi connectivity index (χ1n) is 6.09. The number of nitrogens with zero attached hydrogens (tertiary/aromatic N) is 3. The van der Waals surface area contributed by atoms with E-state index in [-0.39, 0.29) is 11.7 Å². The number of aromatic nitrogens is 2. The Morgan fingerprint density at radius 3 is 2.90 bits per heavy atom. The Bertz CT molecular complexity index is 672. The van der Waals surface area contributed by atoms with Gasteiger partial charge >= 0.3 is 0 Å². The summed E-state index contributed by atoms with van der Waals surface area (Å²) in [7, 11) is 1.65. The van der Waals surface area contributed by atoms with E-state index in [0.717, 1.165) is 0 Å². The van der Waals surface area contributed by atoms with Gasteiger partial charge in [-0.25, -0.2) is 4.98 Å². The molecule has 2 aromatic heterocycles. The fraction of sp³-hybridized carbons (Fsp3) is 0.308. The van der Waals surface area contributed by atoms with Crippen molar-refractivity contribution in [1.29, 1.82) is 0 Å². The minimum Gasteiger partial charge on any atom is -0.373 e. The van der Waals surface area contributed by atoms with E-state index in [1.807, 2.05) is 6.07 Å².